The molecule has 0 spiro atoms. The quantitative estimate of drug-likeness (QED) is 0.609. The number of carbonyl (C=O) groups excluding carboxylic acids is 3. The van der Waals surface area contributed by atoms with Crippen LogP contribution >= 0.6 is 0 Å². The Bertz CT molecular complexity index is 1110. The van der Waals surface area contributed by atoms with Crippen molar-refractivity contribution in [1.29, 1.82) is 0 Å². The Morgan fingerprint density at radius 3 is 2.43 bits per heavy atom. The van der Waals surface area contributed by atoms with Crippen LogP contribution in [0.2, 0.25) is 0 Å². The van der Waals surface area contributed by atoms with Gasteiger partial charge in [0.1, 0.15) is 6.04 Å². The van der Waals surface area contributed by atoms with Gasteiger partial charge in [-0.1, -0.05) is 18.2 Å². The van der Waals surface area contributed by atoms with Crippen molar-refractivity contribution in [2.45, 2.75) is 57.8 Å². The lowest BCUT2D eigenvalue weighted by molar-refractivity contribution is -0.134. The number of imide groups is 1. The van der Waals surface area contributed by atoms with Crippen LogP contribution in [0.4, 0.5) is 5.69 Å². The van der Waals surface area contributed by atoms with E-state index >= 15 is 0 Å². The summed E-state index contributed by atoms with van der Waals surface area (Å²) in [5.74, 6) is -0.978. The SMILES string of the molecule is CC1(C)OB(c2cc3c4c(cccc4c2)C(=O)N3C2CCC(=O)NC2=O)OC1(C)C. The zero-order valence-corrected chi connectivity index (χ0v) is 17.4. The molecule has 2 fully saturated rings. The maximum absolute atomic E-state index is 13.2. The molecule has 0 radical (unpaired) electrons. The minimum Gasteiger partial charge on any atom is -0.399 e. The number of anilines is 1. The van der Waals surface area contributed by atoms with Crippen molar-refractivity contribution in [3.63, 3.8) is 0 Å². The van der Waals surface area contributed by atoms with Gasteiger partial charge in [0.2, 0.25) is 11.8 Å². The number of carbonyl (C=O) groups is 3. The Hall–Kier alpha value is -2.71. The van der Waals surface area contributed by atoms with E-state index in [1.807, 2.05) is 52.0 Å². The van der Waals surface area contributed by atoms with E-state index in [-0.39, 0.29) is 18.2 Å². The first-order valence-corrected chi connectivity index (χ1v) is 10.2. The van der Waals surface area contributed by atoms with Crippen LogP contribution in [0.15, 0.2) is 30.3 Å². The fourth-order valence-corrected chi connectivity index (χ4v) is 4.39. The van der Waals surface area contributed by atoms with Crippen molar-refractivity contribution in [1.82, 2.24) is 5.32 Å². The highest BCUT2D eigenvalue weighted by Crippen LogP contribution is 2.41. The van der Waals surface area contributed by atoms with E-state index in [4.69, 9.17) is 9.31 Å². The fourth-order valence-electron chi connectivity index (χ4n) is 4.39. The van der Waals surface area contributed by atoms with Crippen LogP contribution in [0.5, 0.6) is 0 Å². The second kappa shape index (κ2) is 6.15. The number of hydrogen-bond acceptors (Lipinski definition) is 5. The lowest BCUT2D eigenvalue weighted by Gasteiger charge is -2.32. The first kappa shape index (κ1) is 19.3. The number of nitrogens with zero attached hydrogens (tertiary/aromatic N) is 1. The van der Waals surface area contributed by atoms with Crippen LogP contribution in [-0.2, 0) is 18.9 Å². The van der Waals surface area contributed by atoms with Crippen molar-refractivity contribution in [3.8, 4) is 0 Å². The standard InChI is InChI=1S/C22H23BN2O5/c1-21(2)22(3,4)30-23(29-21)13-10-12-6-5-7-14-18(12)16(11-13)25(20(14)28)15-8-9-17(26)24-19(15)27/h5-7,10-11,15H,8-9H2,1-4H3,(H,24,26,27). The van der Waals surface area contributed by atoms with Crippen LogP contribution in [0.3, 0.4) is 0 Å². The van der Waals surface area contributed by atoms with Crippen molar-refractivity contribution in [3.05, 3.63) is 35.9 Å². The lowest BCUT2D eigenvalue weighted by atomic mass is 9.77. The summed E-state index contributed by atoms with van der Waals surface area (Å²) in [6.45, 7) is 7.96. The van der Waals surface area contributed by atoms with Crippen LogP contribution in [0.25, 0.3) is 10.8 Å². The fraction of sp³-hybridized carbons (Fsp3) is 0.409. The highest BCUT2D eigenvalue weighted by atomic mass is 16.7. The minimum atomic E-state index is -0.723. The van der Waals surface area contributed by atoms with Gasteiger partial charge in [-0.15, -0.1) is 0 Å². The monoisotopic (exact) mass is 406 g/mol. The number of rotatable bonds is 2. The molecule has 1 N–H and O–H groups in total. The van der Waals surface area contributed by atoms with E-state index < -0.39 is 30.3 Å². The molecule has 1 unspecified atom stereocenters. The summed E-state index contributed by atoms with van der Waals surface area (Å²) in [6, 6.07) is 8.68. The minimum absolute atomic E-state index is 0.205. The normalized spacial score (nSPS) is 24.7. The summed E-state index contributed by atoms with van der Waals surface area (Å²) in [4.78, 5) is 38.9. The summed E-state index contributed by atoms with van der Waals surface area (Å²) in [7, 11) is -0.585. The summed E-state index contributed by atoms with van der Waals surface area (Å²) < 4.78 is 12.4. The predicted molar refractivity (Wildman–Crippen MR) is 113 cm³/mol. The van der Waals surface area contributed by atoms with E-state index in [1.54, 1.807) is 6.07 Å². The molecule has 0 aromatic heterocycles. The van der Waals surface area contributed by atoms with Crippen molar-refractivity contribution >= 4 is 46.8 Å². The maximum Gasteiger partial charge on any atom is 0.494 e. The third kappa shape index (κ3) is 2.63. The van der Waals surface area contributed by atoms with Crippen LogP contribution < -0.4 is 15.7 Å². The van der Waals surface area contributed by atoms with Crippen LogP contribution in [-0.4, -0.2) is 42.1 Å². The molecule has 0 bridgehead atoms. The van der Waals surface area contributed by atoms with Gasteiger partial charge in [-0.25, -0.2) is 0 Å². The van der Waals surface area contributed by atoms with Gasteiger partial charge in [-0.05, 0) is 57.1 Å². The second-order valence-corrected chi connectivity index (χ2v) is 9.17. The number of hydrogen-bond donors (Lipinski definition) is 1. The highest BCUT2D eigenvalue weighted by molar-refractivity contribution is 6.62. The Labute approximate surface area is 174 Å². The van der Waals surface area contributed by atoms with Gasteiger partial charge in [0, 0.05) is 17.4 Å². The number of nitrogens with one attached hydrogen (secondary N) is 1. The van der Waals surface area contributed by atoms with Gasteiger partial charge in [-0.2, -0.15) is 0 Å². The average Bonchev–Trinajstić information content (AvgIpc) is 3.07. The molecular weight excluding hydrogens is 383 g/mol. The zero-order valence-electron chi connectivity index (χ0n) is 17.4. The molecule has 2 aromatic carbocycles. The Morgan fingerprint density at radius 1 is 1.07 bits per heavy atom. The highest BCUT2D eigenvalue weighted by Gasteiger charge is 2.52. The number of amides is 3. The molecule has 30 heavy (non-hydrogen) atoms. The first-order chi connectivity index (χ1) is 14.1. The van der Waals surface area contributed by atoms with Crippen LogP contribution in [0, 0.1) is 0 Å². The van der Waals surface area contributed by atoms with E-state index in [1.165, 1.54) is 4.90 Å². The summed E-state index contributed by atoms with van der Waals surface area (Å²) >= 11 is 0. The summed E-state index contributed by atoms with van der Waals surface area (Å²) in [5, 5.41) is 4.06. The molecule has 154 valence electrons. The molecule has 3 heterocycles. The Balaban J connectivity index is 1.62. The van der Waals surface area contributed by atoms with Crippen molar-refractivity contribution < 1.29 is 23.7 Å². The van der Waals surface area contributed by atoms with Gasteiger partial charge >= 0.3 is 7.12 Å². The van der Waals surface area contributed by atoms with E-state index in [9.17, 15) is 14.4 Å². The summed E-state index contributed by atoms with van der Waals surface area (Å²) in [5.41, 5.74) is 1.03. The number of piperidine rings is 1. The van der Waals surface area contributed by atoms with Crippen LogP contribution in [0.1, 0.15) is 50.9 Å². The molecule has 2 saturated heterocycles. The molecule has 3 amide bonds. The zero-order chi connectivity index (χ0) is 21.4. The van der Waals surface area contributed by atoms with E-state index in [0.717, 1.165) is 16.2 Å². The summed E-state index contributed by atoms with van der Waals surface area (Å²) in [6.07, 6.45) is 0.503. The van der Waals surface area contributed by atoms with Gasteiger partial charge in [0.05, 0.1) is 16.9 Å². The van der Waals surface area contributed by atoms with Crippen molar-refractivity contribution in [2.24, 2.45) is 0 Å². The molecule has 5 rings (SSSR count). The first-order valence-electron chi connectivity index (χ1n) is 10.2. The molecule has 3 aliphatic rings. The van der Waals surface area contributed by atoms with Gasteiger partial charge in [-0.3, -0.25) is 24.6 Å². The van der Waals surface area contributed by atoms with Crippen molar-refractivity contribution in [2.75, 3.05) is 4.90 Å². The van der Waals surface area contributed by atoms with Gasteiger partial charge < -0.3 is 9.31 Å². The van der Waals surface area contributed by atoms with Gasteiger partial charge in [0.15, 0.2) is 0 Å². The third-order valence-electron chi connectivity index (χ3n) is 6.73. The Kier molecular flexibility index (Phi) is 3.95. The Morgan fingerprint density at radius 2 is 1.77 bits per heavy atom. The smallest absolute Gasteiger partial charge is 0.399 e. The van der Waals surface area contributed by atoms with E-state index in [0.29, 0.717) is 17.7 Å². The average molecular weight is 406 g/mol. The second-order valence-electron chi connectivity index (χ2n) is 9.17. The molecule has 0 aliphatic carbocycles. The van der Waals surface area contributed by atoms with E-state index in [2.05, 4.69) is 5.32 Å². The molecule has 7 nitrogen and oxygen atoms in total. The molecule has 1 atom stereocenters. The lowest BCUT2D eigenvalue weighted by Crippen LogP contribution is -2.53. The number of benzene rings is 2. The van der Waals surface area contributed by atoms with Gasteiger partial charge in [0.25, 0.3) is 5.91 Å². The molecular formula is C22H23BN2O5. The molecule has 2 aromatic rings. The maximum atomic E-state index is 13.2. The predicted octanol–water partition coefficient (Wildman–Crippen LogP) is 1.90. The topological polar surface area (TPSA) is 84.9 Å². The third-order valence-corrected chi connectivity index (χ3v) is 6.73. The molecule has 8 heteroatoms. The molecule has 0 saturated carbocycles. The molecule has 3 aliphatic heterocycles. The largest absolute Gasteiger partial charge is 0.494 e.